The Kier molecular flexibility index (Phi) is 6.17. The summed E-state index contributed by atoms with van der Waals surface area (Å²) in [5.41, 5.74) is 4.66. The summed E-state index contributed by atoms with van der Waals surface area (Å²) in [6, 6.07) is 21.7. The molecule has 5 nitrogen and oxygen atoms in total. The van der Waals surface area contributed by atoms with Crippen LogP contribution in [0.1, 0.15) is 34.4 Å². The molecule has 1 aliphatic rings. The quantitative estimate of drug-likeness (QED) is 0.420. The molecule has 1 saturated heterocycles. The summed E-state index contributed by atoms with van der Waals surface area (Å²) >= 11 is 0. The molecule has 33 heavy (non-hydrogen) atoms. The Hall–Kier alpha value is -3.51. The van der Waals surface area contributed by atoms with Crippen LogP contribution in [0, 0.1) is 12.7 Å². The fourth-order valence-corrected chi connectivity index (χ4v) is 4.56. The average Bonchev–Trinajstić information content (AvgIpc) is 3.35. The summed E-state index contributed by atoms with van der Waals surface area (Å²) < 4.78 is 20.7. The minimum atomic E-state index is -0.180. The first-order chi connectivity index (χ1) is 16.2. The highest BCUT2D eigenvalue weighted by Gasteiger charge is 2.30. The molecule has 0 spiro atoms. The van der Waals surface area contributed by atoms with E-state index in [1.807, 2.05) is 55.5 Å². The molecule has 0 saturated carbocycles. The number of anilines is 1. The number of hydrogen-bond acceptors (Lipinski definition) is 5. The normalized spacial score (nSPS) is 15.5. The number of oxazole rings is 1. The van der Waals surface area contributed by atoms with Crippen molar-refractivity contribution in [3.05, 3.63) is 113 Å². The summed E-state index contributed by atoms with van der Waals surface area (Å²) in [6.45, 7) is 5.02. The van der Waals surface area contributed by atoms with Gasteiger partial charge in [0.1, 0.15) is 18.1 Å². The Morgan fingerprint density at radius 1 is 0.970 bits per heavy atom. The number of aryl methyl sites for hydroxylation is 1. The van der Waals surface area contributed by atoms with E-state index in [0.29, 0.717) is 18.0 Å². The lowest BCUT2D eigenvalue weighted by Crippen LogP contribution is -2.48. The topological polar surface area (TPSA) is 45.4 Å². The van der Waals surface area contributed by atoms with E-state index in [-0.39, 0.29) is 11.9 Å². The first kappa shape index (κ1) is 21.3. The molecule has 1 fully saturated rings. The molecule has 1 atom stereocenters. The highest BCUT2D eigenvalue weighted by Crippen LogP contribution is 2.30. The first-order valence-corrected chi connectivity index (χ1v) is 11.3. The summed E-state index contributed by atoms with van der Waals surface area (Å²) in [4.78, 5) is 13.4. The number of benzene rings is 2. The molecular formula is C27H27FN4O. The van der Waals surface area contributed by atoms with Gasteiger partial charge in [0.15, 0.2) is 0 Å². The van der Waals surface area contributed by atoms with E-state index in [1.54, 1.807) is 18.5 Å². The van der Waals surface area contributed by atoms with Crippen LogP contribution in [0.5, 0.6) is 0 Å². The van der Waals surface area contributed by atoms with E-state index in [0.717, 1.165) is 48.7 Å². The third-order valence-corrected chi connectivity index (χ3v) is 6.16. The van der Waals surface area contributed by atoms with Crippen LogP contribution in [-0.2, 0) is 6.42 Å². The Bertz CT molecular complexity index is 1190. The van der Waals surface area contributed by atoms with Crippen molar-refractivity contribution in [2.45, 2.75) is 19.4 Å². The molecule has 0 aliphatic carbocycles. The van der Waals surface area contributed by atoms with Crippen LogP contribution in [0.4, 0.5) is 10.1 Å². The maximum Gasteiger partial charge on any atom is 0.215 e. The van der Waals surface area contributed by atoms with E-state index in [9.17, 15) is 0 Å². The van der Waals surface area contributed by atoms with Crippen LogP contribution in [0.25, 0.3) is 0 Å². The standard InChI is InChI=1S/C27H27FN4O/c1-20-6-5-9-23(30-20)18-21-10-11-25(24(28)19-21)31-13-15-32(16-14-31)26(27-29-12-17-33-27)22-7-3-2-4-8-22/h2-12,17,19,26H,13-16,18H2,1H3. The van der Waals surface area contributed by atoms with E-state index in [2.05, 4.69) is 31.9 Å². The predicted octanol–water partition coefficient (Wildman–Crippen LogP) is 5.02. The fraction of sp³-hybridized carbons (Fsp3) is 0.259. The van der Waals surface area contributed by atoms with Crippen LogP contribution in [0.2, 0.25) is 0 Å². The van der Waals surface area contributed by atoms with Crippen LogP contribution >= 0.6 is 0 Å². The van der Waals surface area contributed by atoms with Gasteiger partial charge in [0, 0.05) is 44.0 Å². The highest BCUT2D eigenvalue weighted by atomic mass is 19.1. The van der Waals surface area contributed by atoms with Gasteiger partial charge in [0.05, 0.1) is 11.9 Å². The number of aromatic nitrogens is 2. The Labute approximate surface area is 193 Å². The Balaban J connectivity index is 1.28. The van der Waals surface area contributed by atoms with Crippen LogP contribution in [0.3, 0.4) is 0 Å². The largest absolute Gasteiger partial charge is 0.447 e. The smallest absolute Gasteiger partial charge is 0.215 e. The zero-order valence-electron chi connectivity index (χ0n) is 18.7. The van der Waals surface area contributed by atoms with Gasteiger partial charge in [-0.3, -0.25) is 9.88 Å². The molecule has 3 heterocycles. The third kappa shape index (κ3) is 4.81. The molecule has 0 N–H and O–H groups in total. The molecule has 168 valence electrons. The van der Waals surface area contributed by atoms with Crippen molar-refractivity contribution in [1.82, 2.24) is 14.9 Å². The SMILES string of the molecule is Cc1cccc(Cc2ccc(N3CCN(C(c4ccccc4)c4ncco4)CC3)c(F)c2)n1. The van der Waals surface area contributed by atoms with Crippen LogP contribution in [-0.4, -0.2) is 41.0 Å². The van der Waals surface area contributed by atoms with Crippen molar-refractivity contribution in [3.63, 3.8) is 0 Å². The molecule has 6 heteroatoms. The number of pyridine rings is 1. The van der Waals surface area contributed by atoms with Gasteiger partial charge in [-0.1, -0.05) is 42.5 Å². The highest BCUT2D eigenvalue weighted by molar-refractivity contribution is 5.50. The second kappa shape index (κ2) is 9.55. The second-order valence-corrected chi connectivity index (χ2v) is 8.44. The van der Waals surface area contributed by atoms with E-state index >= 15 is 4.39 Å². The van der Waals surface area contributed by atoms with Crippen LogP contribution in [0.15, 0.2) is 83.6 Å². The molecule has 0 amide bonds. The maximum absolute atomic E-state index is 15.1. The summed E-state index contributed by atoms with van der Waals surface area (Å²) in [5.74, 6) is 0.510. The van der Waals surface area contributed by atoms with Gasteiger partial charge in [0.25, 0.3) is 0 Å². The predicted molar refractivity (Wildman–Crippen MR) is 127 cm³/mol. The van der Waals surface area contributed by atoms with E-state index in [4.69, 9.17) is 4.42 Å². The minimum absolute atomic E-state index is 0.0441. The average molecular weight is 443 g/mol. The van der Waals surface area contributed by atoms with Crippen molar-refractivity contribution in [2.24, 2.45) is 0 Å². The van der Waals surface area contributed by atoms with Crippen molar-refractivity contribution in [2.75, 3.05) is 31.1 Å². The number of rotatable bonds is 6. The molecule has 0 bridgehead atoms. The van der Waals surface area contributed by atoms with Gasteiger partial charge < -0.3 is 9.32 Å². The van der Waals surface area contributed by atoms with Gasteiger partial charge in [-0.05, 0) is 42.3 Å². The molecule has 2 aromatic carbocycles. The van der Waals surface area contributed by atoms with Gasteiger partial charge in [0.2, 0.25) is 5.89 Å². The Morgan fingerprint density at radius 2 is 1.79 bits per heavy atom. The molecule has 4 aromatic rings. The summed E-state index contributed by atoms with van der Waals surface area (Å²) in [6.07, 6.45) is 3.93. The second-order valence-electron chi connectivity index (χ2n) is 8.44. The van der Waals surface area contributed by atoms with Crippen molar-refractivity contribution < 1.29 is 8.81 Å². The molecule has 1 aliphatic heterocycles. The fourth-order valence-electron chi connectivity index (χ4n) is 4.56. The lowest BCUT2D eigenvalue weighted by Gasteiger charge is -2.39. The monoisotopic (exact) mass is 442 g/mol. The summed E-state index contributed by atoms with van der Waals surface area (Å²) in [7, 11) is 0. The number of piperazine rings is 1. The minimum Gasteiger partial charge on any atom is -0.447 e. The van der Waals surface area contributed by atoms with Gasteiger partial charge >= 0.3 is 0 Å². The number of nitrogens with zero attached hydrogens (tertiary/aromatic N) is 4. The first-order valence-electron chi connectivity index (χ1n) is 11.3. The van der Waals surface area contributed by atoms with Crippen molar-refractivity contribution >= 4 is 5.69 Å². The lowest BCUT2D eigenvalue weighted by atomic mass is 10.0. The summed E-state index contributed by atoms with van der Waals surface area (Å²) in [5, 5.41) is 0. The van der Waals surface area contributed by atoms with Gasteiger partial charge in [-0.15, -0.1) is 0 Å². The van der Waals surface area contributed by atoms with Gasteiger partial charge in [-0.2, -0.15) is 0 Å². The molecular weight excluding hydrogens is 415 g/mol. The van der Waals surface area contributed by atoms with Crippen molar-refractivity contribution in [1.29, 1.82) is 0 Å². The zero-order chi connectivity index (χ0) is 22.6. The molecule has 0 radical (unpaired) electrons. The maximum atomic E-state index is 15.1. The van der Waals surface area contributed by atoms with Gasteiger partial charge in [-0.25, -0.2) is 9.37 Å². The molecule has 1 unspecified atom stereocenters. The third-order valence-electron chi connectivity index (χ3n) is 6.16. The molecule has 5 rings (SSSR count). The van der Waals surface area contributed by atoms with Crippen molar-refractivity contribution in [3.8, 4) is 0 Å². The van der Waals surface area contributed by atoms with Crippen LogP contribution < -0.4 is 4.90 Å². The van der Waals surface area contributed by atoms with E-state index < -0.39 is 0 Å². The van der Waals surface area contributed by atoms with E-state index in [1.165, 1.54) is 0 Å². The number of halogens is 1. The molecule has 2 aromatic heterocycles. The lowest BCUT2D eigenvalue weighted by molar-refractivity contribution is 0.187. The Morgan fingerprint density at radius 3 is 2.48 bits per heavy atom. The zero-order valence-corrected chi connectivity index (χ0v) is 18.7. The number of hydrogen-bond donors (Lipinski definition) is 0.